The van der Waals surface area contributed by atoms with Gasteiger partial charge in [-0.1, -0.05) is 41.4 Å². The van der Waals surface area contributed by atoms with Gasteiger partial charge in [0.1, 0.15) is 17.3 Å². The molecule has 56 heavy (non-hydrogen) atoms. The van der Waals surface area contributed by atoms with Gasteiger partial charge in [-0.25, -0.2) is 4.90 Å². The standard InChI is InChI=1S/C43H39ClN4O7S/c1-21-28-18-24(44)8-14-34(28)56-38(21)31-20-35(46(3)45-31)48-40(52)30-19-29-26(37(43(30,2)42(48)54)23-7-13-33(55-4)32(50)17-23)11-12-27-36(29)41(53)47(39(27)51)16-15-22-5-9-25(49)10-6-22/h5-11,13-14,17-18,20,27,29-30,36-37,49-50H,12,15-16,19H2,1-4H3. The minimum absolute atomic E-state index is 0.112. The van der Waals surface area contributed by atoms with E-state index in [-0.39, 0.29) is 42.0 Å². The lowest BCUT2D eigenvalue weighted by Crippen LogP contribution is -2.49. The lowest BCUT2D eigenvalue weighted by Gasteiger charge is -2.49. The van der Waals surface area contributed by atoms with Crippen molar-refractivity contribution in [1.82, 2.24) is 14.7 Å². The van der Waals surface area contributed by atoms with Crippen molar-refractivity contribution in [2.45, 2.75) is 39.0 Å². The predicted molar refractivity (Wildman–Crippen MR) is 212 cm³/mol. The molecule has 2 aliphatic heterocycles. The minimum Gasteiger partial charge on any atom is -0.508 e. The van der Waals surface area contributed by atoms with Gasteiger partial charge in [0.25, 0.3) is 0 Å². The van der Waals surface area contributed by atoms with E-state index in [1.54, 1.807) is 71.6 Å². The van der Waals surface area contributed by atoms with E-state index in [1.165, 1.54) is 16.9 Å². The number of halogens is 1. The lowest BCUT2D eigenvalue weighted by atomic mass is 9.51. The Balaban J connectivity index is 1.11. The van der Waals surface area contributed by atoms with Crippen molar-refractivity contribution in [3.05, 3.63) is 100 Å². The number of likely N-dealkylation sites (tertiary alicyclic amines) is 1. The normalized spacial score (nSPS) is 25.8. The van der Waals surface area contributed by atoms with Crippen molar-refractivity contribution >= 4 is 62.5 Å². The summed E-state index contributed by atoms with van der Waals surface area (Å²) in [7, 11) is 3.17. The van der Waals surface area contributed by atoms with Gasteiger partial charge in [-0.05, 0) is 104 Å². The highest BCUT2D eigenvalue weighted by molar-refractivity contribution is 7.22. The van der Waals surface area contributed by atoms with Gasteiger partial charge in [-0.3, -0.25) is 28.8 Å². The number of ether oxygens (including phenoxy) is 1. The Morgan fingerprint density at radius 3 is 2.46 bits per heavy atom. The van der Waals surface area contributed by atoms with Crippen LogP contribution in [0.2, 0.25) is 5.02 Å². The third-order valence-corrected chi connectivity index (χ3v) is 14.2. The number of methoxy groups -OCH3 is 1. The lowest BCUT2D eigenvalue weighted by molar-refractivity contribution is -0.140. The summed E-state index contributed by atoms with van der Waals surface area (Å²) in [6.07, 6.45) is 2.94. The topological polar surface area (TPSA) is 142 Å². The number of aryl methyl sites for hydroxylation is 2. The summed E-state index contributed by atoms with van der Waals surface area (Å²) in [4.78, 5) is 61.8. The molecule has 2 aliphatic carbocycles. The molecule has 2 saturated heterocycles. The highest BCUT2D eigenvalue weighted by Crippen LogP contribution is 2.64. The third kappa shape index (κ3) is 5.25. The number of anilines is 1. The number of allylic oxidation sites excluding steroid dienone is 2. The van der Waals surface area contributed by atoms with Gasteiger partial charge < -0.3 is 14.9 Å². The largest absolute Gasteiger partial charge is 0.508 e. The Morgan fingerprint density at radius 2 is 1.73 bits per heavy atom. The zero-order valence-electron chi connectivity index (χ0n) is 31.2. The number of phenols is 2. The highest BCUT2D eigenvalue weighted by Gasteiger charge is 2.68. The van der Waals surface area contributed by atoms with Crippen LogP contribution in [0.4, 0.5) is 5.82 Å². The number of rotatable bonds is 7. The Morgan fingerprint density at radius 1 is 0.964 bits per heavy atom. The molecule has 6 unspecified atom stereocenters. The summed E-state index contributed by atoms with van der Waals surface area (Å²) in [5, 5.41) is 27.2. The molecule has 5 aromatic rings. The maximum atomic E-state index is 15.1. The maximum Gasteiger partial charge on any atom is 0.242 e. The van der Waals surface area contributed by atoms with E-state index in [1.807, 2.05) is 38.1 Å². The molecule has 286 valence electrons. The third-order valence-electron chi connectivity index (χ3n) is 12.7. The molecule has 0 spiro atoms. The predicted octanol–water partition coefficient (Wildman–Crippen LogP) is 7.16. The first-order valence-electron chi connectivity index (χ1n) is 18.6. The van der Waals surface area contributed by atoms with Crippen LogP contribution in [0.1, 0.15) is 42.4 Å². The first-order valence-corrected chi connectivity index (χ1v) is 19.8. The fourth-order valence-electron chi connectivity index (χ4n) is 9.90. The van der Waals surface area contributed by atoms with Crippen LogP contribution in [0, 0.1) is 36.0 Å². The van der Waals surface area contributed by atoms with Crippen LogP contribution in [0.25, 0.3) is 20.7 Å². The van der Waals surface area contributed by atoms with Crippen LogP contribution in [0.15, 0.2) is 78.4 Å². The first-order chi connectivity index (χ1) is 26.8. The van der Waals surface area contributed by atoms with Crippen LogP contribution in [0.3, 0.4) is 0 Å². The Bertz CT molecular complexity index is 2540. The maximum absolute atomic E-state index is 15.1. The zero-order chi connectivity index (χ0) is 39.4. The summed E-state index contributed by atoms with van der Waals surface area (Å²) in [5.74, 6) is -4.01. The number of carbonyl (C=O) groups is 4. The average Bonchev–Trinajstić information content (AvgIpc) is 3.84. The molecule has 4 amide bonds. The number of imide groups is 2. The second kappa shape index (κ2) is 13.1. The first kappa shape index (κ1) is 36.2. The fraction of sp³-hybridized carbons (Fsp3) is 0.326. The van der Waals surface area contributed by atoms with Gasteiger partial charge in [0, 0.05) is 35.3 Å². The van der Waals surface area contributed by atoms with E-state index in [0.717, 1.165) is 31.7 Å². The second-order valence-electron chi connectivity index (χ2n) is 15.5. The van der Waals surface area contributed by atoms with E-state index in [9.17, 15) is 24.6 Å². The molecule has 3 aromatic carbocycles. The average molecular weight is 791 g/mol. The summed E-state index contributed by atoms with van der Waals surface area (Å²) in [5.41, 5.74) is 2.63. The van der Waals surface area contributed by atoms with Crippen molar-refractivity contribution in [3.63, 3.8) is 0 Å². The number of hydrogen-bond acceptors (Lipinski definition) is 9. The zero-order valence-corrected chi connectivity index (χ0v) is 32.7. The Kier molecular flexibility index (Phi) is 8.44. The smallest absolute Gasteiger partial charge is 0.242 e. The summed E-state index contributed by atoms with van der Waals surface area (Å²) in [6.45, 7) is 4.01. The molecule has 9 rings (SSSR count). The van der Waals surface area contributed by atoms with Crippen LogP contribution in [-0.4, -0.2) is 62.2 Å². The second-order valence-corrected chi connectivity index (χ2v) is 17.0. The fourth-order valence-corrected chi connectivity index (χ4v) is 11.2. The van der Waals surface area contributed by atoms with Gasteiger partial charge in [0.2, 0.25) is 23.6 Å². The van der Waals surface area contributed by atoms with E-state index < -0.39 is 46.8 Å². The van der Waals surface area contributed by atoms with Gasteiger partial charge in [-0.15, -0.1) is 11.3 Å². The number of aromatic hydroxyl groups is 2. The number of fused-ring (bicyclic) bond motifs is 5. The number of carbonyl (C=O) groups excluding carboxylic acids is 4. The Hall–Kier alpha value is -5.46. The van der Waals surface area contributed by atoms with Crippen molar-refractivity contribution in [1.29, 1.82) is 0 Å². The van der Waals surface area contributed by atoms with Gasteiger partial charge in [0.15, 0.2) is 11.5 Å². The number of aromatic nitrogens is 2. The Labute approximate surface area is 331 Å². The molecular weight excluding hydrogens is 752 g/mol. The van der Waals surface area contributed by atoms with Crippen LogP contribution >= 0.6 is 22.9 Å². The molecule has 4 heterocycles. The monoisotopic (exact) mass is 790 g/mol. The number of hydrogen-bond donors (Lipinski definition) is 2. The van der Waals surface area contributed by atoms with E-state index in [2.05, 4.69) is 0 Å². The highest BCUT2D eigenvalue weighted by atomic mass is 35.5. The number of thiophene rings is 1. The van der Waals surface area contributed by atoms with E-state index >= 15 is 4.79 Å². The molecule has 2 aromatic heterocycles. The molecule has 13 heteroatoms. The van der Waals surface area contributed by atoms with Crippen LogP contribution in [-0.2, 0) is 32.6 Å². The molecule has 2 N–H and O–H groups in total. The molecule has 6 atom stereocenters. The summed E-state index contributed by atoms with van der Waals surface area (Å²) >= 11 is 7.88. The molecule has 0 bridgehead atoms. The molecular formula is C43H39ClN4O7S. The minimum atomic E-state index is -1.30. The van der Waals surface area contributed by atoms with Crippen LogP contribution in [0.5, 0.6) is 17.2 Å². The van der Waals surface area contributed by atoms with E-state index in [0.29, 0.717) is 34.9 Å². The number of amides is 4. The number of benzene rings is 3. The number of phenolic OH excluding ortho intramolecular Hbond substituents is 2. The molecule has 11 nitrogen and oxygen atoms in total. The molecule has 0 radical (unpaired) electrons. The van der Waals surface area contributed by atoms with E-state index in [4.69, 9.17) is 21.4 Å². The van der Waals surface area contributed by atoms with Crippen molar-refractivity contribution in [2.24, 2.45) is 36.1 Å². The van der Waals surface area contributed by atoms with Crippen molar-refractivity contribution in [3.8, 4) is 27.8 Å². The molecule has 3 fully saturated rings. The SMILES string of the molecule is COc1ccc(C2C3=CCC4C(=O)N(CCc5ccc(O)cc5)C(=O)C4C3CC3C(=O)N(c4cc(-c5sc6ccc(Cl)cc6c5C)nn4C)C(=O)C32C)cc1O. The van der Waals surface area contributed by atoms with Gasteiger partial charge >= 0.3 is 0 Å². The summed E-state index contributed by atoms with van der Waals surface area (Å²) in [6, 6.07) is 19.2. The quantitative estimate of drug-likeness (QED) is 0.131. The van der Waals surface area contributed by atoms with Gasteiger partial charge in [-0.2, -0.15) is 5.10 Å². The van der Waals surface area contributed by atoms with Crippen molar-refractivity contribution in [2.75, 3.05) is 18.6 Å². The van der Waals surface area contributed by atoms with Gasteiger partial charge in [0.05, 0.1) is 35.2 Å². The summed E-state index contributed by atoms with van der Waals surface area (Å²) < 4.78 is 7.95. The molecule has 1 saturated carbocycles. The van der Waals surface area contributed by atoms with Crippen molar-refractivity contribution < 1.29 is 34.1 Å². The van der Waals surface area contributed by atoms with Crippen LogP contribution < -0.4 is 9.64 Å². The number of nitrogens with zero attached hydrogens (tertiary/aromatic N) is 4. The molecule has 4 aliphatic rings.